The Morgan fingerprint density at radius 1 is 1.29 bits per heavy atom. The zero-order chi connectivity index (χ0) is 13.0. The maximum absolute atomic E-state index is 11.5. The van der Waals surface area contributed by atoms with Crippen LogP contribution < -0.4 is 4.74 Å². The van der Waals surface area contributed by atoms with Gasteiger partial charge in [-0.05, 0) is 86.3 Å². The molecule has 0 aliphatic rings. The van der Waals surface area contributed by atoms with Crippen LogP contribution in [0, 0.1) is 10.7 Å². The van der Waals surface area contributed by atoms with Gasteiger partial charge >= 0.3 is 5.97 Å². The van der Waals surface area contributed by atoms with E-state index in [0.717, 1.165) is 16.5 Å². The molecule has 0 saturated carbocycles. The van der Waals surface area contributed by atoms with E-state index in [9.17, 15) is 4.79 Å². The topological polar surface area (TPSA) is 35.5 Å². The van der Waals surface area contributed by atoms with Gasteiger partial charge in [0.05, 0.1) is 14.3 Å². The highest BCUT2D eigenvalue weighted by Crippen LogP contribution is 2.30. The highest BCUT2D eigenvalue weighted by Gasteiger charge is 2.21. The molecule has 3 nitrogen and oxygen atoms in total. The van der Waals surface area contributed by atoms with Gasteiger partial charge in [0.25, 0.3) is 0 Å². The smallest absolute Gasteiger partial charge is 0.347 e. The summed E-state index contributed by atoms with van der Waals surface area (Å²) in [6.07, 6.45) is 0.0484. The lowest BCUT2D eigenvalue weighted by molar-refractivity contribution is -0.149. The molecular weight excluding hydrogens is 561 g/mol. The number of carbonyl (C=O) groups is 1. The van der Waals surface area contributed by atoms with E-state index >= 15 is 0 Å². The van der Waals surface area contributed by atoms with Gasteiger partial charge in [0.2, 0.25) is 0 Å². The lowest BCUT2D eigenvalue weighted by Crippen LogP contribution is -2.28. The third-order valence-corrected chi connectivity index (χ3v) is 4.28. The molecule has 0 saturated heterocycles. The third kappa shape index (κ3) is 4.37. The van der Waals surface area contributed by atoms with Gasteiger partial charge < -0.3 is 9.47 Å². The Kier molecular flexibility index (Phi) is 6.77. The molecule has 0 heterocycles. The molecule has 6 heteroatoms. The largest absolute Gasteiger partial charge is 0.477 e. The predicted molar refractivity (Wildman–Crippen MR) is 91.3 cm³/mol. The lowest BCUT2D eigenvalue weighted by atomic mass is 10.2. The van der Waals surface area contributed by atoms with Crippen LogP contribution in [0.2, 0.25) is 0 Å². The molecule has 0 radical (unpaired) electrons. The number of rotatable bonds is 4. The average molecular weight is 572 g/mol. The van der Waals surface area contributed by atoms with E-state index < -0.39 is 6.10 Å². The van der Waals surface area contributed by atoms with Crippen LogP contribution in [0.1, 0.15) is 13.3 Å². The molecule has 0 N–H and O–H groups in total. The first-order chi connectivity index (χ1) is 7.99. The Morgan fingerprint density at radius 3 is 2.24 bits per heavy atom. The number of ether oxygens (including phenoxy) is 2. The van der Waals surface area contributed by atoms with E-state index in [1.54, 1.807) is 0 Å². The fourth-order valence-electron chi connectivity index (χ4n) is 1.21. The second-order valence-electron chi connectivity index (χ2n) is 3.24. The van der Waals surface area contributed by atoms with Gasteiger partial charge in [0, 0.05) is 3.57 Å². The standard InChI is InChI=1S/C11H11I3O3/c1-3-9(11(15)16-2)17-10-7(13)4-6(12)5-8(10)14/h4-5,9H,3H2,1-2H3. The van der Waals surface area contributed by atoms with Crippen LogP contribution in [-0.2, 0) is 9.53 Å². The van der Waals surface area contributed by atoms with Crippen molar-refractivity contribution in [2.24, 2.45) is 0 Å². The molecule has 94 valence electrons. The molecule has 0 aliphatic carbocycles. The summed E-state index contributed by atoms with van der Waals surface area (Å²) in [5.41, 5.74) is 0. The van der Waals surface area contributed by atoms with E-state index in [2.05, 4.69) is 67.8 Å². The van der Waals surface area contributed by atoms with Crippen LogP contribution in [0.4, 0.5) is 0 Å². The highest BCUT2D eigenvalue weighted by molar-refractivity contribution is 14.1. The maximum Gasteiger partial charge on any atom is 0.347 e. The molecule has 17 heavy (non-hydrogen) atoms. The van der Waals surface area contributed by atoms with Crippen molar-refractivity contribution in [3.8, 4) is 5.75 Å². The lowest BCUT2D eigenvalue weighted by Gasteiger charge is -2.17. The summed E-state index contributed by atoms with van der Waals surface area (Å²) in [6.45, 7) is 1.90. The fraction of sp³-hybridized carbons (Fsp3) is 0.364. The Hall–Kier alpha value is 0.680. The van der Waals surface area contributed by atoms with E-state index in [4.69, 9.17) is 9.47 Å². The second-order valence-corrected chi connectivity index (χ2v) is 6.81. The van der Waals surface area contributed by atoms with Crippen LogP contribution in [0.3, 0.4) is 0 Å². The van der Waals surface area contributed by atoms with Crippen molar-refractivity contribution < 1.29 is 14.3 Å². The van der Waals surface area contributed by atoms with E-state index in [0.29, 0.717) is 6.42 Å². The van der Waals surface area contributed by atoms with E-state index in [1.165, 1.54) is 7.11 Å². The quantitative estimate of drug-likeness (QED) is 0.407. The summed E-state index contributed by atoms with van der Waals surface area (Å²) in [7, 11) is 1.37. The average Bonchev–Trinajstić information content (AvgIpc) is 2.27. The van der Waals surface area contributed by atoms with Crippen LogP contribution in [-0.4, -0.2) is 19.2 Å². The van der Waals surface area contributed by atoms with Crippen molar-refractivity contribution in [2.45, 2.75) is 19.4 Å². The molecule has 0 aliphatic heterocycles. The minimum Gasteiger partial charge on any atom is -0.477 e. The van der Waals surface area contributed by atoms with Crippen LogP contribution in [0.5, 0.6) is 5.75 Å². The minimum absolute atomic E-state index is 0.336. The molecule has 1 rings (SSSR count). The van der Waals surface area contributed by atoms with Crippen molar-refractivity contribution in [1.82, 2.24) is 0 Å². The molecule has 0 amide bonds. The predicted octanol–water partition coefficient (Wildman–Crippen LogP) is 3.83. The van der Waals surface area contributed by atoms with Gasteiger partial charge in [-0.15, -0.1) is 0 Å². The van der Waals surface area contributed by atoms with Gasteiger partial charge in [0.1, 0.15) is 5.75 Å². The number of hydrogen-bond acceptors (Lipinski definition) is 3. The first kappa shape index (κ1) is 15.7. The Balaban J connectivity index is 2.98. The zero-order valence-corrected chi connectivity index (χ0v) is 15.8. The zero-order valence-electron chi connectivity index (χ0n) is 9.30. The van der Waals surface area contributed by atoms with Crippen molar-refractivity contribution >= 4 is 73.7 Å². The SMILES string of the molecule is CCC(Oc1c(I)cc(I)cc1I)C(=O)OC. The van der Waals surface area contributed by atoms with Crippen LogP contribution >= 0.6 is 67.8 Å². The Bertz CT molecular complexity index is 397. The third-order valence-electron chi connectivity index (χ3n) is 2.06. The molecular formula is C11H11I3O3. The molecule has 1 aromatic carbocycles. The maximum atomic E-state index is 11.5. The molecule has 1 atom stereocenters. The van der Waals surface area contributed by atoms with Crippen molar-refractivity contribution in [2.75, 3.05) is 7.11 Å². The monoisotopic (exact) mass is 572 g/mol. The molecule has 1 unspecified atom stereocenters. The molecule has 0 fully saturated rings. The number of hydrogen-bond donors (Lipinski definition) is 0. The number of halogens is 3. The summed E-state index contributed by atoms with van der Waals surface area (Å²) in [5.74, 6) is 0.418. The van der Waals surface area contributed by atoms with Crippen molar-refractivity contribution in [3.63, 3.8) is 0 Å². The Morgan fingerprint density at radius 2 is 1.82 bits per heavy atom. The van der Waals surface area contributed by atoms with Crippen LogP contribution in [0.25, 0.3) is 0 Å². The minimum atomic E-state index is -0.540. The first-order valence-electron chi connectivity index (χ1n) is 4.88. The van der Waals surface area contributed by atoms with Gasteiger partial charge in [-0.3, -0.25) is 0 Å². The summed E-state index contributed by atoms with van der Waals surface area (Å²) >= 11 is 6.67. The van der Waals surface area contributed by atoms with Crippen LogP contribution in [0.15, 0.2) is 12.1 Å². The van der Waals surface area contributed by atoms with E-state index in [1.807, 2.05) is 19.1 Å². The Labute approximate surface area is 141 Å². The van der Waals surface area contributed by atoms with Gasteiger partial charge in [-0.1, -0.05) is 6.92 Å². The second kappa shape index (κ2) is 7.31. The van der Waals surface area contributed by atoms with Gasteiger partial charge in [0.15, 0.2) is 6.10 Å². The molecule has 0 aromatic heterocycles. The molecule has 1 aromatic rings. The van der Waals surface area contributed by atoms with Gasteiger partial charge in [-0.2, -0.15) is 0 Å². The first-order valence-corrected chi connectivity index (χ1v) is 8.12. The number of methoxy groups -OCH3 is 1. The van der Waals surface area contributed by atoms with Crippen molar-refractivity contribution in [1.29, 1.82) is 0 Å². The van der Waals surface area contributed by atoms with Gasteiger partial charge in [-0.25, -0.2) is 4.79 Å². The summed E-state index contributed by atoms with van der Waals surface area (Å²) in [5, 5.41) is 0. The van der Waals surface area contributed by atoms with Crippen molar-refractivity contribution in [3.05, 3.63) is 22.8 Å². The number of benzene rings is 1. The number of esters is 1. The fourth-order valence-corrected chi connectivity index (χ4v) is 5.05. The van der Waals surface area contributed by atoms with E-state index in [-0.39, 0.29) is 5.97 Å². The number of carbonyl (C=O) groups excluding carboxylic acids is 1. The molecule has 0 bridgehead atoms. The summed E-state index contributed by atoms with van der Waals surface area (Å²) in [6, 6.07) is 4.03. The summed E-state index contributed by atoms with van der Waals surface area (Å²) < 4.78 is 13.6. The normalized spacial score (nSPS) is 12.1. The summed E-state index contributed by atoms with van der Waals surface area (Å²) in [4.78, 5) is 11.5. The highest BCUT2D eigenvalue weighted by atomic mass is 127. The molecule has 0 spiro atoms.